The van der Waals surface area contributed by atoms with Gasteiger partial charge in [-0.1, -0.05) is 73.0 Å². The van der Waals surface area contributed by atoms with Gasteiger partial charge >= 0.3 is 31.4 Å². The van der Waals surface area contributed by atoms with Crippen LogP contribution in [-0.4, -0.2) is 224 Å². The third kappa shape index (κ3) is 15.8. The Bertz CT molecular complexity index is 5210. The van der Waals surface area contributed by atoms with E-state index in [2.05, 4.69) is 39.9 Å². The molecule has 0 aromatic carbocycles. The molecule has 20 N–H and O–H groups in total. The number of ether oxygens (including phenoxy) is 10. The summed E-state index contributed by atoms with van der Waals surface area (Å²) < 4.78 is 61.5. The number of hydrogen-bond acceptors (Lipinski definition) is 40. The summed E-state index contributed by atoms with van der Waals surface area (Å²) in [6.07, 6.45) is -16.2. The van der Waals surface area contributed by atoms with Crippen LogP contribution in [0.2, 0.25) is 0 Å². The minimum Gasteiger partial charge on any atom is -0.463 e. The number of esters is 2. The highest BCUT2D eigenvalue weighted by Crippen LogP contribution is 2.46. The molecule has 584 valence electrons. The predicted octanol–water partition coefficient (Wildman–Crippen LogP) is -4.71. The van der Waals surface area contributed by atoms with Crippen molar-refractivity contribution < 1.29 is 92.4 Å². The Labute approximate surface area is 613 Å². The third-order valence-electron chi connectivity index (χ3n) is 17.7. The molecule has 107 heavy (non-hydrogen) atoms. The Morgan fingerprint density at radius 2 is 0.776 bits per heavy atom. The molecule has 0 bridgehead atoms. The molecule has 14 rings (SSSR count). The molecule has 6 fully saturated rings. The summed E-state index contributed by atoms with van der Waals surface area (Å²) in [5, 5.41) is 58.9. The molecule has 8 aromatic rings. The molecule has 0 aliphatic carbocycles. The van der Waals surface area contributed by atoms with Gasteiger partial charge in [-0.15, -0.1) is 0 Å². The molecule has 4 unspecified atom stereocenters. The normalized spacial score (nSPS) is 28.1. The van der Waals surface area contributed by atoms with Crippen LogP contribution < -0.4 is 70.4 Å². The number of hydrogen-bond donors (Lipinski definition) is 15. The number of aliphatic hydroxyl groups excluding tert-OH is 6. The van der Waals surface area contributed by atoms with Crippen LogP contribution in [0.3, 0.4) is 0 Å². The SMILES string of the molecule is CC(=O)C[C@H](C(=O)OC[C@H]1O[C@@H](n2c(=O)sc3c(=O)[nH]c(N)nc32)C2OC(C)(C)O[C@@H]21)C(C)C.CC(C)[C@H](N)C(=O)OC[C@H]1O[C@@H](n2c(=O)sc3c(=O)[nH]c(N)nc32)C(O)[C@@H]1O.CC1(C)OC2[C@H](n3c(=O)sc4c(=O)[nH]c(N)nc43)O[C@H](CO)[C@H]2O1.Nc1nc2c(sc(=O)n2[C@@H]2O[C@H](CO)[C@@H](O)C2O)c(=O)[nH]1. The van der Waals surface area contributed by atoms with E-state index < -0.39 is 182 Å². The minimum atomic E-state index is -1.53. The number of rotatable bonds is 16. The van der Waals surface area contributed by atoms with Crippen molar-refractivity contribution in [3.63, 3.8) is 0 Å². The lowest BCUT2D eigenvalue weighted by atomic mass is 9.91. The Hall–Kier alpha value is -8.51. The zero-order valence-corrected chi connectivity index (χ0v) is 61.2. The van der Waals surface area contributed by atoms with Crippen LogP contribution in [0.1, 0.15) is 93.6 Å². The predicted molar refractivity (Wildman–Crippen MR) is 375 cm³/mol. The maximum Gasteiger partial charge on any atom is 0.323 e. The number of Topliss-reactive ketones (excluding diaryl/α,β-unsaturated/α-hetero) is 1. The topological polar surface area (TPSA) is 666 Å². The van der Waals surface area contributed by atoms with E-state index >= 15 is 0 Å². The van der Waals surface area contributed by atoms with Gasteiger partial charge in [0.2, 0.25) is 23.8 Å². The number of carbonyl (C=O) groups excluding carboxylic acids is 3. The number of nitrogens with one attached hydrogen (secondary N) is 4. The van der Waals surface area contributed by atoms with Crippen molar-refractivity contribution in [3.8, 4) is 0 Å². The number of aromatic amines is 4. The van der Waals surface area contributed by atoms with Crippen molar-refractivity contribution >= 4 is 128 Å². The molecule has 14 heterocycles. The molecule has 18 atom stereocenters. The maximum atomic E-state index is 12.8. The zero-order chi connectivity index (χ0) is 78.2. The first-order valence-electron chi connectivity index (χ1n) is 32.7. The highest BCUT2D eigenvalue weighted by atomic mass is 32.1. The van der Waals surface area contributed by atoms with E-state index in [1.54, 1.807) is 41.5 Å². The van der Waals surface area contributed by atoms with Crippen LogP contribution in [0, 0.1) is 17.8 Å². The molecular weight excluding hydrogens is 1510 g/mol. The highest BCUT2D eigenvalue weighted by Gasteiger charge is 2.59. The number of nitrogen functional groups attached to an aromatic ring is 4. The average molecular weight is 1580 g/mol. The molecule has 0 radical (unpaired) electrons. The van der Waals surface area contributed by atoms with E-state index in [0.29, 0.717) is 22.7 Å². The maximum absolute atomic E-state index is 12.8. The first-order chi connectivity index (χ1) is 50.2. The number of aliphatic hydroxyl groups is 6. The molecule has 48 heteroatoms. The third-order valence-corrected chi connectivity index (χ3v) is 21.4. The molecular formula is C59H77N17O27S4. The van der Waals surface area contributed by atoms with Gasteiger partial charge in [0.1, 0.15) is 117 Å². The fraction of sp³-hybridized carbons (Fsp3) is 0.610. The van der Waals surface area contributed by atoms with Crippen molar-refractivity contribution in [1.82, 2.24) is 58.1 Å². The molecule has 6 aliphatic rings. The number of nitrogens with two attached hydrogens (primary N) is 5. The monoisotopic (exact) mass is 1580 g/mol. The van der Waals surface area contributed by atoms with Gasteiger partial charge in [-0.05, 0) is 46.5 Å². The van der Waals surface area contributed by atoms with Crippen molar-refractivity contribution in [2.24, 2.45) is 23.5 Å². The van der Waals surface area contributed by atoms with Gasteiger partial charge in [0.15, 0.2) is 59.1 Å². The number of thiazole rings is 4. The van der Waals surface area contributed by atoms with Gasteiger partial charge in [-0.2, -0.15) is 19.9 Å². The van der Waals surface area contributed by atoms with Gasteiger partial charge < -0.3 is 111 Å². The van der Waals surface area contributed by atoms with E-state index in [1.165, 1.54) is 16.1 Å². The number of aromatic nitrogens is 12. The van der Waals surface area contributed by atoms with Crippen molar-refractivity contribution in [2.45, 2.75) is 185 Å². The Balaban J connectivity index is 0.000000144. The number of H-pyrrole nitrogens is 4. The second kappa shape index (κ2) is 30.9. The van der Waals surface area contributed by atoms with Gasteiger partial charge in [0.05, 0.1) is 19.1 Å². The molecule has 0 amide bonds. The second-order valence-corrected chi connectivity index (χ2v) is 30.7. The van der Waals surface area contributed by atoms with E-state index in [0.717, 1.165) is 31.8 Å². The summed E-state index contributed by atoms with van der Waals surface area (Å²) in [6.45, 7) is 14.2. The average Bonchev–Trinajstić information content (AvgIpc) is 1.59. The van der Waals surface area contributed by atoms with Gasteiger partial charge in [-0.25, -0.2) is 0 Å². The Kier molecular flexibility index (Phi) is 22.9. The molecule has 44 nitrogen and oxygen atoms in total. The van der Waals surface area contributed by atoms with Crippen LogP contribution in [0.5, 0.6) is 0 Å². The minimum absolute atomic E-state index is 0.00211. The lowest BCUT2D eigenvalue weighted by molar-refractivity contribution is -0.203. The summed E-state index contributed by atoms with van der Waals surface area (Å²) in [4.78, 5) is 157. The van der Waals surface area contributed by atoms with Crippen LogP contribution in [0.25, 0.3) is 41.4 Å². The number of anilines is 4. The second-order valence-electron chi connectivity index (χ2n) is 26.9. The molecule has 6 aliphatic heterocycles. The van der Waals surface area contributed by atoms with E-state index in [-0.39, 0.29) is 109 Å². The number of carbonyl (C=O) groups is 3. The smallest absolute Gasteiger partial charge is 0.323 e. The quantitative estimate of drug-likeness (QED) is 0.0404. The summed E-state index contributed by atoms with van der Waals surface area (Å²) in [7, 11) is 0. The van der Waals surface area contributed by atoms with Crippen LogP contribution >= 0.6 is 45.3 Å². The summed E-state index contributed by atoms with van der Waals surface area (Å²) in [5.74, 6) is -4.60. The largest absolute Gasteiger partial charge is 0.463 e. The van der Waals surface area contributed by atoms with Gasteiger partial charge in [0.25, 0.3) is 22.2 Å². The fourth-order valence-electron chi connectivity index (χ4n) is 12.6. The Morgan fingerprint density at radius 3 is 1.12 bits per heavy atom. The summed E-state index contributed by atoms with van der Waals surface area (Å²) in [6, 6.07) is -0.846. The van der Waals surface area contributed by atoms with E-state index in [4.69, 9.17) is 81.1 Å². The van der Waals surface area contributed by atoms with Crippen LogP contribution in [0.15, 0.2) is 38.4 Å². The Morgan fingerprint density at radius 1 is 0.467 bits per heavy atom. The zero-order valence-electron chi connectivity index (χ0n) is 57.9. The summed E-state index contributed by atoms with van der Waals surface area (Å²) >= 11 is 2.69. The van der Waals surface area contributed by atoms with Gasteiger partial charge in [-0.3, -0.25) is 86.1 Å². The van der Waals surface area contributed by atoms with Crippen molar-refractivity contribution in [3.05, 3.63) is 80.1 Å². The highest BCUT2D eigenvalue weighted by molar-refractivity contribution is 7.17. The first kappa shape index (κ1) is 79.5. The number of ketones is 1. The lowest BCUT2D eigenvalue weighted by Gasteiger charge is -2.25. The van der Waals surface area contributed by atoms with Gasteiger partial charge in [0, 0.05) is 6.42 Å². The standard InChI is InChI=1S/C21H28N4O8S.C15H21N5O7S.C13H16N4O6S.C10H12N4O6S/c1-8(2)10(6-9(3)26)18(28)30-7-11-12-13(33-21(4,5)32-12)17(31-11)25-15-14(34-20(25)29)16(27)24-19(22)23-15;1-4(2)6(16)13(24)26-3-5-7(21)8(22)12(27-5)20-10-9(28-15(20)25)11(23)19-14(17)18-10;1-13(2)22-5-4(3-18)21-10(6(5)23-13)17-8-7(24-12(17)20)9(19)16-11(14)15-8;11-9-12-6-5(7(18)13-9)21-10(19)14(6)8-4(17)3(16)2(1-15)20-8/h8,10-13,17H,6-7H2,1-5H3,(H3,22,23,24,27);4-8,12,21-22H,3,16H2,1-2H3,(H3,17,18,19,23);4-6,10,18H,3H2,1-2H3,(H3,14,15,16,19);2-4,8,15-17H,1H2,(H3,11,12,13,18)/t10-,11+,12+,13?,17+;5-,6+,7-,8?,12-;4-,5-,6?,10-;2-,3-,4?,8-/m0111/s1. The van der Waals surface area contributed by atoms with Crippen molar-refractivity contribution in [1.29, 1.82) is 0 Å². The summed E-state index contributed by atoms with van der Waals surface area (Å²) in [5.41, 5.74) is 25.8. The van der Waals surface area contributed by atoms with Crippen molar-refractivity contribution in [2.75, 3.05) is 49.4 Å². The fourth-order valence-corrected chi connectivity index (χ4v) is 15.9. The first-order valence-corrected chi connectivity index (χ1v) is 36.0. The van der Waals surface area contributed by atoms with Crippen LogP contribution in [-0.2, 0) is 61.8 Å². The lowest BCUT2D eigenvalue weighted by Crippen LogP contribution is -2.40. The number of fused-ring (bicyclic) bond motifs is 6. The molecule has 6 saturated heterocycles. The van der Waals surface area contributed by atoms with E-state index in [9.17, 15) is 78.3 Å². The van der Waals surface area contributed by atoms with Crippen LogP contribution in [0.4, 0.5) is 23.8 Å². The number of nitrogens with zero attached hydrogens (tertiary/aromatic N) is 8. The molecule has 0 spiro atoms. The molecule has 0 saturated carbocycles. The molecule has 8 aromatic heterocycles. The van der Waals surface area contributed by atoms with E-state index in [1.807, 2.05) is 13.8 Å².